The number of nitrogens with zero attached hydrogens (tertiary/aromatic N) is 1. The van der Waals surface area contributed by atoms with Crippen molar-refractivity contribution in [3.8, 4) is 0 Å². The Kier molecular flexibility index (Phi) is 6.56. The third-order valence-corrected chi connectivity index (χ3v) is 3.89. The van der Waals surface area contributed by atoms with Crippen LogP contribution in [0.15, 0.2) is 48.7 Å². The first-order valence-electron chi connectivity index (χ1n) is 7.99. The highest BCUT2D eigenvalue weighted by atomic mass is 16.3. The average Bonchev–Trinajstić information content (AvgIpc) is 2.55. The summed E-state index contributed by atoms with van der Waals surface area (Å²) in [6.07, 6.45) is 2.60. The summed E-state index contributed by atoms with van der Waals surface area (Å²) >= 11 is 0. The number of benzene rings is 1. The van der Waals surface area contributed by atoms with Gasteiger partial charge in [0.1, 0.15) is 0 Å². The lowest BCUT2D eigenvalue weighted by Gasteiger charge is -2.15. The van der Waals surface area contributed by atoms with Crippen LogP contribution in [0.1, 0.15) is 36.6 Å². The minimum Gasteiger partial charge on any atom is -0.396 e. The molecule has 1 aromatic heterocycles. The number of rotatable bonds is 8. The minimum atomic E-state index is 0.176. The molecule has 2 N–H and O–H groups in total. The molecule has 1 unspecified atom stereocenters. The molecule has 0 radical (unpaired) electrons. The second-order valence-corrected chi connectivity index (χ2v) is 6.10. The summed E-state index contributed by atoms with van der Waals surface area (Å²) in [5.74, 6) is 0.768. The summed E-state index contributed by atoms with van der Waals surface area (Å²) in [5, 5.41) is 12.9. The van der Waals surface area contributed by atoms with Gasteiger partial charge < -0.3 is 10.4 Å². The maximum atomic E-state index is 9.51. The fraction of sp³-hybridized carbons (Fsp3) is 0.421. The van der Waals surface area contributed by atoms with Gasteiger partial charge in [0.25, 0.3) is 0 Å². The van der Waals surface area contributed by atoms with E-state index in [4.69, 9.17) is 0 Å². The zero-order valence-electron chi connectivity index (χ0n) is 13.5. The fourth-order valence-corrected chi connectivity index (χ4v) is 2.46. The van der Waals surface area contributed by atoms with E-state index in [1.54, 1.807) is 6.20 Å². The van der Waals surface area contributed by atoms with Crippen molar-refractivity contribution >= 4 is 0 Å². The van der Waals surface area contributed by atoms with Gasteiger partial charge in [-0.1, -0.05) is 44.2 Å². The van der Waals surface area contributed by atoms with E-state index >= 15 is 0 Å². The number of nitrogens with one attached hydrogen (secondary N) is 1. The predicted molar refractivity (Wildman–Crippen MR) is 90.8 cm³/mol. The maximum Gasteiger partial charge on any atom is 0.0475 e. The molecule has 22 heavy (non-hydrogen) atoms. The van der Waals surface area contributed by atoms with Crippen molar-refractivity contribution in [1.29, 1.82) is 0 Å². The summed E-state index contributed by atoms with van der Waals surface area (Å²) in [6.45, 7) is 6.21. The van der Waals surface area contributed by atoms with Crippen molar-refractivity contribution in [2.45, 2.75) is 32.7 Å². The lowest BCUT2D eigenvalue weighted by Crippen LogP contribution is -2.26. The molecule has 0 bridgehead atoms. The van der Waals surface area contributed by atoms with Crippen molar-refractivity contribution in [2.75, 3.05) is 13.2 Å². The third kappa shape index (κ3) is 5.24. The van der Waals surface area contributed by atoms with Gasteiger partial charge in [0.15, 0.2) is 0 Å². The van der Waals surface area contributed by atoms with Crippen molar-refractivity contribution in [3.05, 3.63) is 65.5 Å². The van der Waals surface area contributed by atoms with E-state index < -0.39 is 0 Å². The van der Waals surface area contributed by atoms with E-state index in [9.17, 15) is 5.11 Å². The second-order valence-electron chi connectivity index (χ2n) is 6.10. The molecule has 0 spiro atoms. The smallest absolute Gasteiger partial charge is 0.0475 e. The van der Waals surface area contributed by atoms with Crippen LogP contribution >= 0.6 is 0 Å². The fourth-order valence-electron chi connectivity index (χ4n) is 2.46. The molecule has 3 heteroatoms. The number of aliphatic hydroxyl groups excluding tert-OH is 1. The zero-order chi connectivity index (χ0) is 15.8. The summed E-state index contributed by atoms with van der Waals surface area (Å²) < 4.78 is 0. The molecular formula is C19H26N2O. The summed E-state index contributed by atoms with van der Waals surface area (Å²) in [5.41, 5.74) is 3.68. The quantitative estimate of drug-likeness (QED) is 0.787. The van der Waals surface area contributed by atoms with Crippen molar-refractivity contribution in [1.82, 2.24) is 10.3 Å². The first kappa shape index (κ1) is 16.7. The van der Waals surface area contributed by atoms with Crippen molar-refractivity contribution in [2.24, 2.45) is 5.92 Å². The van der Waals surface area contributed by atoms with Gasteiger partial charge in [-0.05, 0) is 41.5 Å². The molecule has 0 saturated carbocycles. The summed E-state index contributed by atoms with van der Waals surface area (Å²) in [6, 6.07) is 14.6. The standard InChI is InChI=1S/C19H26N2O/c1-15(2)18-8-6-16(7-9-18)12-20-13-17(14-22)11-19-5-3-4-10-21-19/h3-10,15,17,20,22H,11-14H2,1-2H3. The Morgan fingerprint density at radius 2 is 1.86 bits per heavy atom. The Morgan fingerprint density at radius 3 is 2.45 bits per heavy atom. The van der Waals surface area contributed by atoms with Crippen molar-refractivity contribution < 1.29 is 5.11 Å². The first-order chi connectivity index (χ1) is 10.7. The predicted octanol–water partition coefficient (Wildman–Crippen LogP) is 3.15. The molecule has 0 aliphatic rings. The Bertz CT molecular complexity index is 537. The second kappa shape index (κ2) is 8.66. The number of aliphatic hydroxyl groups is 1. The number of pyridine rings is 1. The minimum absolute atomic E-state index is 0.176. The van der Waals surface area contributed by atoms with Crippen LogP contribution < -0.4 is 5.32 Å². The van der Waals surface area contributed by atoms with Crippen molar-refractivity contribution in [3.63, 3.8) is 0 Å². The maximum absolute atomic E-state index is 9.51. The Morgan fingerprint density at radius 1 is 1.09 bits per heavy atom. The third-order valence-electron chi connectivity index (χ3n) is 3.89. The van der Waals surface area contributed by atoms with Gasteiger partial charge in [-0.3, -0.25) is 4.98 Å². The van der Waals surface area contributed by atoms with Crippen LogP contribution in [0.3, 0.4) is 0 Å². The molecule has 1 atom stereocenters. The molecule has 3 nitrogen and oxygen atoms in total. The molecule has 0 aliphatic heterocycles. The molecule has 0 fully saturated rings. The van der Waals surface area contributed by atoms with E-state index in [2.05, 4.69) is 48.4 Å². The lowest BCUT2D eigenvalue weighted by atomic mass is 10.0. The zero-order valence-corrected chi connectivity index (χ0v) is 13.5. The SMILES string of the molecule is CC(C)c1ccc(CNCC(CO)Cc2ccccn2)cc1. The Labute approximate surface area is 133 Å². The van der Waals surface area contributed by atoms with Crippen LogP contribution in [0.2, 0.25) is 0 Å². The van der Waals surface area contributed by atoms with Crippen LogP contribution in [-0.4, -0.2) is 23.2 Å². The molecule has 118 valence electrons. The highest BCUT2D eigenvalue weighted by Crippen LogP contribution is 2.14. The molecule has 2 aromatic rings. The molecule has 0 aliphatic carbocycles. The summed E-state index contributed by atoms with van der Waals surface area (Å²) in [4.78, 5) is 4.32. The van der Waals surface area contributed by atoms with Crippen LogP contribution in [0.4, 0.5) is 0 Å². The molecule has 1 aromatic carbocycles. The summed E-state index contributed by atoms with van der Waals surface area (Å²) in [7, 11) is 0. The topological polar surface area (TPSA) is 45.1 Å². The number of aromatic nitrogens is 1. The van der Waals surface area contributed by atoms with Gasteiger partial charge in [0, 0.05) is 31.6 Å². The largest absolute Gasteiger partial charge is 0.396 e. The van der Waals surface area contributed by atoms with Gasteiger partial charge in [0.2, 0.25) is 0 Å². The van der Waals surface area contributed by atoms with Gasteiger partial charge >= 0.3 is 0 Å². The van der Waals surface area contributed by atoms with Crippen LogP contribution in [0.25, 0.3) is 0 Å². The Hall–Kier alpha value is -1.71. The number of hydrogen-bond donors (Lipinski definition) is 2. The van der Waals surface area contributed by atoms with E-state index in [1.165, 1.54) is 11.1 Å². The lowest BCUT2D eigenvalue weighted by molar-refractivity contribution is 0.220. The van der Waals surface area contributed by atoms with Crippen LogP contribution in [-0.2, 0) is 13.0 Å². The highest BCUT2D eigenvalue weighted by Gasteiger charge is 2.09. The molecule has 1 heterocycles. The molecular weight excluding hydrogens is 272 g/mol. The van der Waals surface area contributed by atoms with E-state index in [1.807, 2.05) is 18.2 Å². The van der Waals surface area contributed by atoms with Gasteiger partial charge in [-0.2, -0.15) is 0 Å². The highest BCUT2D eigenvalue weighted by molar-refractivity contribution is 5.24. The average molecular weight is 298 g/mol. The van der Waals surface area contributed by atoms with E-state index in [-0.39, 0.29) is 12.5 Å². The van der Waals surface area contributed by atoms with Gasteiger partial charge in [0.05, 0.1) is 0 Å². The normalized spacial score (nSPS) is 12.5. The van der Waals surface area contributed by atoms with E-state index in [0.717, 1.165) is 25.2 Å². The first-order valence-corrected chi connectivity index (χ1v) is 7.99. The number of hydrogen-bond acceptors (Lipinski definition) is 3. The van der Waals surface area contributed by atoms with Crippen LogP contribution in [0, 0.1) is 5.92 Å². The molecule has 0 saturated heterocycles. The Balaban J connectivity index is 1.78. The van der Waals surface area contributed by atoms with E-state index in [0.29, 0.717) is 5.92 Å². The molecule has 0 amide bonds. The molecule has 2 rings (SSSR count). The van der Waals surface area contributed by atoms with Gasteiger partial charge in [-0.25, -0.2) is 0 Å². The van der Waals surface area contributed by atoms with Crippen LogP contribution in [0.5, 0.6) is 0 Å². The van der Waals surface area contributed by atoms with Gasteiger partial charge in [-0.15, -0.1) is 0 Å². The monoisotopic (exact) mass is 298 g/mol.